The van der Waals surface area contributed by atoms with Crippen LogP contribution in [0.3, 0.4) is 0 Å². The van der Waals surface area contributed by atoms with Gasteiger partial charge < -0.3 is 9.64 Å². The topological polar surface area (TPSA) is 32.8 Å². The van der Waals surface area contributed by atoms with Gasteiger partial charge in [0.15, 0.2) is 0 Å². The molecule has 1 aromatic rings. The molecule has 4 nitrogen and oxygen atoms in total. The van der Waals surface area contributed by atoms with Crippen LogP contribution in [0, 0.1) is 5.92 Å². The third kappa shape index (κ3) is 2.55. The van der Waals surface area contributed by atoms with Crippen LogP contribution in [0.1, 0.15) is 30.9 Å². The van der Waals surface area contributed by atoms with Crippen molar-refractivity contribution in [1.29, 1.82) is 0 Å². The fourth-order valence-electron chi connectivity index (χ4n) is 3.92. The van der Waals surface area contributed by atoms with Crippen molar-refractivity contribution in [2.45, 2.75) is 31.3 Å². The van der Waals surface area contributed by atoms with Crippen LogP contribution in [0.25, 0.3) is 0 Å². The first kappa shape index (κ1) is 14.2. The Balaban J connectivity index is 1.46. The van der Waals surface area contributed by atoms with Gasteiger partial charge >= 0.3 is 0 Å². The summed E-state index contributed by atoms with van der Waals surface area (Å²) in [5.74, 6) is 0.689. The standard InChI is InChI=1S/C18H24N2O2/c21-18(15-7-4-8-15)19-9-10-20-16(11-19)12-22-13-17(20)14-5-2-1-3-6-14/h1-3,5-6,15-17H,4,7-13H2/t16-,17-/m1/s1. The van der Waals surface area contributed by atoms with E-state index < -0.39 is 0 Å². The van der Waals surface area contributed by atoms with Crippen LogP contribution < -0.4 is 0 Å². The third-order valence-corrected chi connectivity index (χ3v) is 5.46. The number of rotatable bonds is 2. The van der Waals surface area contributed by atoms with Crippen molar-refractivity contribution in [3.63, 3.8) is 0 Å². The summed E-state index contributed by atoms with van der Waals surface area (Å²) in [5, 5.41) is 0. The SMILES string of the molecule is O=C(C1CCC1)N1CCN2[C@@H](COC[C@@H]2c2ccccc2)C1. The average molecular weight is 300 g/mol. The second-order valence-electron chi connectivity index (χ2n) is 6.77. The van der Waals surface area contributed by atoms with Crippen LogP contribution in [0.5, 0.6) is 0 Å². The lowest BCUT2D eigenvalue weighted by Gasteiger charge is -2.49. The van der Waals surface area contributed by atoms with Gasteiger partial charge in [0.2, 0.25) is 5.91 Å². The molecule has 0 bridgehead atoms. The first-order valence-electron chi connectivity index (χ1n) is 8.50. The predicted molar refractivity (Wildman–Crippen MR) is 84.4 cm³/mol. The first-order valence-corrected chi connectivity index (χ1v) is 8.50. The summed E-state index contributed by atoms with van der Waals surface area (Å²) in [6, 6.07) is 11.3. The lowest BCUT2D eigenvalue weighted by atomic mass is 9.84. The molecule has 0 aromatic heterocycles. The number of ether oxygens (including phenoxy) is 1. The molecule has 22 heavy (non-hydrogen) atoms. The van der Waals surface area contributed by atoms with Gasteiger partial charge in [0, 0.05) is 25.6 Å². The fraction of sp³-hybridized carbons (Fsp3) is 0.611. The molecule has 3 fully saturated rings. The molecular weight excluding hydrogens is 276 g/mol. The molecule has 2 heterocycles. The monoisotopic (exact) mass is 300 g/mol. The number of piperazine rings is 1. The van der Waals surface area contributed by atoms with Gasteiger partial charge in [0.25, 0.3) is 0 Å². The minimum Gasteiger partial charge on any atom is -0.378 e. The zero-order valence-corrected chi connectivity index (χ0v) is 13.0. The van der Waals surface area contributed by atoms with Crippen molar-refractivity contribution in [2.75, 3.05) is 32.8 Å². The number of hydrogen-bond donors (Lipinski definition) is 0. The van der Waals surface area contributed by atoms with Crippen molar-refractivity contribution >= 4 is 5.91 Å². The molecule has 118 valence electrons. The molecule has 2 aliphatic heterocycles. The van der Waals surface area contributed by atoms with Crippen LogP contribution in [-0.2, 0) is 9.53 Å². The van der Waals surface area contributed by atoms with E-state index in [9.17, 15) is 4.79 Å². The van der Waals surface area contributed by atoms with Crippen molar-refractivity contribution in [3.8, 4) is 0 Å². The number of hydrogen-bond acceptors (Lipinski definition) is 3. The van der Waals surface area contributed by atoms with E-state index >= 15 is 0 Å². The molecule has 0 spiro atoms. The van der Waals surface area contributed by atoms with Crippen molar-refractivity contribution in [3.05, 3.63) is 35.9 Å². The van der Waals surface area contributed by atoms with Crippen LogP contribution in [0.2, 0.25) is 0 Å². The Labute approximate surface area is 132 Å². The van der Waals surface area contributed by atoms with Crippen LogP contribution >= 0.6 is 0 Å². The van der Waals surface area contributed by atoms with Crippen molar-refractivity contribution in [2.24, 2.45) is 5.92 Å². The maximum absolute atomic E-state index is 12.5. The molecule has 2 atom stereocenters. The Kier molecular flexibility index (Phi) is 3.89. The zero-order valence-electron chi connectivity index (χ0n) is 13.0. The third-order valence-electron chi connectivity index (χ3n) is 5.46. The zero-order chi connectivity index (χ0) is 14.9. The lowest BCUT2D eigenvalue weighted by molar-refractivity contribution is -0.146. The molecule has 0 radical (unpaired) electrons. The van der Waals surface area contributed by atoms with Gasteiger partial charge in [0.05, 0.1) is 25.3 Å². The maximum Gasteiger partial charge on any atom is 0.225 e. The molecule has 0 unspecified atom stereocenters. The highest BCUT2D eigenvalue weighted by atomic mass is 16.5. The van der Waals surface area contributed by atoms with E-state index in [1.807, 2.05) is 0 Å². The smallest absolute Gasteiger partial charge is 0.225 e. The Bertz CT molecular complexity index is 529. The molecule has 0 N–H and O–H groups in total. The van der Waals surface area contributed by atoms with Gasteiger partial charge in [-0.15, -0.1) is 0 Å². The summed E-state index contributed by atoms with van der Waals surface area (Å²) in [6.07, 6.45) is 3.40. The largest absolute Gasteiger partial charge is 0.378 e. The number of amides is 1. The molecule has 2 saturated heterocycles. The highest BCUT2D eigenvalue weighted by molar-refractivity contribution is 5.79. The van der Waals surface area contributed by atoms with Crippen LogP contribution in [0.4, 0.5) is 0 Å². The predicted octanol–water partition coefficient (Wildman–Crippen LogP) is 2.07. The molecule has 1 amide bonds. The minimum absolute atomic E-state index is 0.306. The molecule has 1 saturated carbocycles. The number of benzene rings is 1. The summed E-state index contributed by atoms with van der Waals surface area (Å²) < 4.78 is 5.86. The Morgan fingerprint density at radius 3 is 2.64 bits per heavy atom. The summed E-state index contributed by atoms with van der Waals surface area (Å²) in [5.41, 5.74) is 1.32. The van der Waals surface area contributed by atoms with E-state index in [0.717, 1.165) is 45.7 Å². The highest BCUT2D eigenvalue weighted by Gasteiger charge is 2.39. The van der Waals surface area contributed by atoms with E-state index in [1.54, 1.807) is 0 Å². The second kappa shape index (κ2) is 6.01. The molecule has 1 aromatic carbocycles. The number of nitrogens with zero attached hydrogens (tertiary/aromatic N) is 2. The summed E-state index contributed by atoms with van der Waals surface area (Å²) in [7, 11) is 0. The lowest BCUT2D eigenvalue weighted by Crippen LogP contribution is -2.60. The molecule has 4 heteroatoms. The summed E-state index contributed by atoms with van der Waals surface area (Å²) >= 11 is 0. The quantitative estimate of drug-likeness (QED) is 0.838. The van der Waals surface area contributed by atoms with Crippen molar-refractivity contribution < 1.29 is 9.53 Å². The van der Waals surface area contributed by atoms with Gasteiger partial charge in [-0.2, -0.15) is 0 Å². The van der Waals surface area contributed by atoms with Crippen LogP contribution in [-0.4, -0.2) is 54.6 Å². The van der Waals surface area contributed by atoms with Gasteiger partial charge in [0.1, 0.15) is 0 Å². The first-order chi connectivity index (χ1) is 10.8. The normalized spacial score (nSPS) is 29.7. The number of carbonyl (C=O) groups is 1. The molecule has 1 aliphatic carbocycles. The van der Waals surface area contributed by atoms with Crippen LogP contribution in [0.15, 0.2) is 30.3 Å². The number of carbonyl (C=O) groups excluding carboxylic acids is 1. The van der Waals surface area contributed by atoms with Gasteiger partial charge in [-0.25, -0.2) is 0 Å². The van der Waals surface area contributed by atoms with E-state index in [2.05, 4.69) is 40.1 Å². The number of fused-ring (bicyclic) bond motifs is 1. The average Bonchev–Trinajstić information content (AvgIpc) is 2.53. The Hall–Kier alpha value is -1.39. The Morgan fingerprint density at radius 2 is 1.91 bits per heavy atom. The second-order valence-corrected chi connectivity index (χ2v) is 6.77. The fourth-order valence-corrected chi connectivity index (χ4v) is 3.92. The van der Waals surface area contributed by atoms with E-state index in [0.29, 0.717) is 23.9 Å². The summed E-state index contributed by atoms with van der Waals surface area (Å²) in [6.45, 7) is 4.18. The van der Waals surface area contributed by atoms with Gasteiger partial charge in [-0.3, -0.25) is 9.69 Å². The summed E-state index contributed by atoms with van der Waals surface area (Å²) in [4.78, 5) is 17.1. The van der Waals surface area contributed by atoms with E-state index in [4.69, 9.17) is 4.74 Å². The molecular formula is C18H24N2O2. The van der Waals surface area contributed by atoms with Gasteiger partial charge in [-0.1, -0.05) is 36.8 Å². The molecule has 3 aliphatic rings. The Morgan fingerprint density at radius 1 is 1.09 bits per heavy atom. The highest BCUT2D eigenvalue weighted by Crippen LogP contribution is 2.32. The van der Waals surface area contributed by atoms with Crippen molar-refractivity contribution in [1.82, 2.24) is 9.80 Å². The maximum atomic E-state index is 12.5. The minimum atomic E-state index is 0.306. The van der Waals surface area contributed by atoms with E-state index in [-0.39, 0.29) is 0 Å². The van der Waals surface area contributed by atoms with E-state index in [1.165, 1.54) is 12.0 Å². The van der Waals surface area contributed by atoms with Gasteiger partial charge in [-0.05, 0) is 18.4 Å². The molecule has 4 rings (SSSR count). The number of morpholine rings is 1.